The van der Waals surface area contributed by atoms with Gasteiger partial charge in [-0.25, -0.2) is 4.99 Å². The van der Waals surface area contributed by atoms with E-state index < -0.39 is 22.2 Å². The van der Waals surface area contributed by atoms with Crippen LogP contribution in [0.1, 0.15) is 46.0 Å². The third kappa shape index (κ3) is 1.22. The van der Waals surface area contributed by atoms with Crippen LogP contribution in [0.3, 0.4) is 0 Å². The van der Waals surface area contributed by atoms with Crippen LogP contribution < -0.4 is 5.73 Å². The van der Waals surface area contributed by atoms with E-state index in [-0.39, 0.29) is 5.84 Å². The molecule has 0 aromatic rings. The Kier molecular flexibility index (Phi) is 3.25. The number of nitriles is 2. The van der Waals surface area contributed by atoms with Crippen LogP contribution in [-0.2, 0) is 9.47 Å². The number of rotatable bonds is 4. The van der Waals surface area contributed by atoms with Gasteiger partial charge in [0, 0.05) is 18.6 Å². The summed E-state index contributed by atoms with van der Waals surface area (Å²) in [6.45, 7) is 4.36. The fourth-order valence-corrected chi connectivity index (χ4v) is 5.12. The van der Waals surface area contributed by atoms with Crippen molar-refractivity contribution in [3.8, 4) is 12.1 Å². The number of amidine groups is 1. The van der Waals surface area contributed by atoms with Crippen LogP contribution >= 0.6 is 0 Å². The van der Waals surface area contributed by atoms with Crippen molar-refractivity contribution in [3.63, 3.8) is 0 Å². The monoisotopic (exact) mass is 302 g/mol. The Bertz CT molecular complexity index is 590. The maximum atomic E-state index is 10.1. The Morgan fingerprint density at radius 1 is 1.09 bits per heavy atom. The van der Waals surface area contributed by atoms with Gasteiger partial charge in [-0.3, -0.25) is 0 Å². The summed E-state index contributed by atoms with van der Waals surface area (Å²) >= 11 is 0. The van der Waals surface area contributed by atoms with E-state index in [0.717, 1.165) is 32.1 Å². The van der Waals surface area contributed by atoms with Gasteiger partial charge in [0.1, 0.15) is 11.3 Å². The second kappa shape index (κ2) is 4.68. The number of aliphatic imine (C=N–C) groups is 1. The molecule has 2 atom stereocenters. The second-order valence-corrected chi connectivity index (χ2v) is 6.31. The zero-order chi connectivity index (χ0) is 16.1. The van der Waals surface area contributed by atoms with Crippen LogP contribution in [0.25, 0.3) is 0 Å². The van der Waals surface area contributed by atoms with Crippen LogP contribution in [0.2, 0.25) is 0 Å². The van der Waals surface area contributed by atoms with Crippen molar-refractivity contribution in [2.45, 2.75) is 51.9 Å². The summed E-state index contributed by atoms with van der Waals surface area (Å²) in [4.78, 5) is 4.37. The molecule has 2 N–H and O–H groups in total. The van der Waals surface area contributed by atoms with Crippen LogP contribution in [0.15, 0.2) is 4.99 Å². The molecule has 1 aliphatic heterocycles. The average molecular weight is 302 g/mol. The lowest BCUT2D eigenvalue weighted by Crippen LogP contribution is -2.46. The van der Waals surface area contributed by atoms with E-state index in [1.165, 1.54) is 0 Å². The predicted molar refractivity (Wildman–Crippen MR) is 79.2 cm³/mol. The standard InChI is InChI=1S/C16H22N4O2/c1-3-21-16(22-4-2)15(11-18)13(8-6-5-7-9-13)14(15,10-17)12(19)20-16/h3-9H2,1-2H3,(H2,19,20). The minimum absolute atomic E-state index is 0.209. The largest absolute Gasteiger partial charge is 0.386 e. The van der Waals surface area contributed by atoms with Gasteiger partial charge in [-0.05, 0) is 26.7 Å². The highest BCUT2D eigenvalue weighted by Crippen LogP contribution is 2.88. The number of nitrogens with two attached hydrogens (primary N) is 1. The van der Waals surface area contributed by atoms with E-state index in [2.05, 4.69) is 17.1 Å². The molecule has 2 saturated carbocycles. The van der Waals surface area contributed by atoms with Crippen molar-refractivity contribution in [1.29, 1.82) is 10.5 Å². The van der Waals surface area contributed by atoms with E-state index in [0.29, 0.717) is 13.2 Å². The van der Waals surface area contributed by atoms with Crippen molar-refractivity contribution < 1.29 is 9.47 Å². The van der Waals surface area contributed by atoms with Crippen molar-refractivity contribution in [2.24, 2.45) is 27.0 Å². The minimum Gasteiger partial charge on any atom is -0.386 e. The molecule has 2 aliphatic carbocycles. The maximum absolute atomic E-state index is 10.1. The molecule has 3 rings (SSSR count). The molecule has 2 fully saturated rings. The van der Waals surface area contributed by atoms with Crippen molar-refractivity contribution >= 4 is 5.84 Å². The van der Waals surface area contributed by atoms with Crippen LogP contribution in [0, 0.1) is 38.9 Å². The quantitative estimate of drug-likeness (QED) is 0.800. The number of nitrogens with zero attached hydrogens (tertiary/aromatic N) is 3. The fraction of sp³-hybridized carbons (Fsp3) is 0.812. The molecule has 118 valence electrons. The fourth-order valence-electron chi connectivity index (χ4n) is 5.12. The molecule has 0 saturated heterocycles. The van der Waals surface area contributed by atoms with Gasteiger partial charge >= 0.3 is 0 Å². The molecule has 0 aromatic carbocycles. The van der Waals surface area contributed by atoms with E-state index >= 15 is 0 Å². The molecule has 6 nitrogen and oxygen atoms in total. The lowest BCUT2D eigenvalue weighted by Gasteiger charge is -2.36. The van der Waals surface area contributed by atoms with Gasteiger partial charge < -0.3 is 15.2 Å². The summed E-state index contributed by atoms with van der Waals surface area (Å²) < 4.78 is 11.7. The first kappa shape index (κ1) is 15.3. The number of fused-ring (bicyclic) bond motifs is 3. The van der Waals surface area contributed by atoms with Crippen LogP contribution in [0.4, 0.5) is 0 Å². The Balaban J connectivity index is 2.21. The lowest BCUT2D eigenvalue weighted by atomic mass is 9.76. The zero-order valence-electron chi connectivity index (χ0n) is 13.2. The van der Waals surface area contributed by atoms with Crippen molar-refractivity contribution in [3.05, 3.63) is 0 Å². The van der Waals surface area contributed by atoms with E-state index in [1.807, 2.05) is 13.8 Å². The number of hydrogen-bond donors (Lipinski definition) is 1. The van der Waals surface area contributed by atoms with Crippen LogP contribution in [0.5, 0.6) is 0 Å². The SMILES string of the molecule is CCOC1(OCC)N=C(N)C2(C#N)C3(CCCCC3)C12C#N. The molecular weight excluding hydrogens is 280 g/mol. The summed E-state index contributed by atoms with van der Waals surface area (Å²) in [5, 5.41) is 20.0. The average Bonchev–Trinajstić information content (AvgIpc) is 2.94. The Morgan fingerprint density at radius 3 is 2.14 bits per heavy atom. The van der Waals surface area contributed by atoms with Gasteiger partial charge in [-0.1, -0.05) is 19.3 Å². The summed E-state index contributed by atoms with van der Waals surface area (Å²) in [5.41, 5.74) is 3.50. The molecule has 1 spiro atoms. The van der Waals surface area contributed by atoms with E-state index in [1.54, 1.807) is 0 Å². The topological polar surface area (TPSA) is 104 Å². The first-order chi connectivity index (χ1) is 10.6. The van der Waals surface area contributed by atoms with Crippen LogP contribution in [-0.4, -0.2) is 25.0 Å². The zero-order valence-corrected chi connectivity index (χ0v) is 13.2. The summed E-state index contributed by atoms with van der Waals surface area (Å²) in [5.74, 6) is -1.23. The minimum atomic E-state index is -1.44. The molecule has 0 amide bonds. The molecule has 22 heavy (non-hydrogen) atoms. The van der Waals surface area contributed by atoms with E-state index in [4.69, 9.17) is 15.2 Å². The maximum Gasteiger partial charge on any atom is 0.293 e. The van der Waals surface area contributed by atoms with Gasteiger partial charge in [0.05, 0.1) is 12.1 Å². The lowest BCUT2D eigenvalue weighted by molar-refractivity contribution is -0.262. The number of ether oxygens (including phenoxy) is 2. The smallest absolute Gasteiger partial charge is 0.293 e. The summed E-state index contributed by atoms with van der Waals surface area (Å²) in [6.07, 6.45) is 4.71. The Morgan fingerprint density at radius 2 is 1.68 bits per heavy atom. The van der Waals surface area contributed by atoms with Gasteiger partial charge in [-0.2, -0.15) is 10.5 Å². The summed E-state index contributed by atoms with van der Waals surface area (Å²) in [6, 6.07) is 4.74. The molecular formula is C16H22N4O2. The first-order valence-electron chi connectivity index (χ1n) is 8.04. The summed E-state index contributed by atoms with van der Waals surface area (Å²) in [7, 11) is 0. The third-order valence-corrected chi connectivity index (χ3v) is 5.78. The van der Waals surface area contributed by atoms with Gasteiger partial charge in [0.15, 0.2) is 5.41 Å². The molecule has 3 aliphatic rings. The van der Waals surface area contributed by atoms with Gasteiger partial charge in [-0.15, -0.1) is 0 Å². The highest BCUT2D eigenvalue weighted by molar-refractivity contribution is 6.00. The van der Waals surface area contributed by atoms with Gasteiger partial charge in [0.25, 0.3) is 5.91 Å². The predicted octanol–water partition coefficient (Wildman–Crippen LogP) is 2.07. The Labute approximate surface area is 130 Å². The Hall–Kier alpha value is -1.63. The normalized spacial score (nSPS) is 37.0. The van der Waals surface area contributed by atoms with Crippen molar-refractivity contribution in [2.75, 3.05) is 13.2 Å². The second-order valence-electron chi connectivity index (χ2n) is 6.31. The first-order valence-corrected chi connectivity index (χ1v) is 8.04. The molecule has 0 radical (unpaired) electrons. The molecule has 0 aromatic heterocycles. The molecule has 2 unspecified atom stereocenters. The van der Waals surface area contributed by atoms with E-state index in [9.17, 15) is 10.5 Å². The highest BCUT2D eigenvalue weighted by Gasteiger charge is 3.00. The highest BCUT2D eigenvalue weighted by atomic mass is 16.7. The molecule has 0 bridgehead atoms. The number of hydrogen-bond acceptors (Lipinski definition) is 6. The molecule has 6 heteroatoms. The molecule has 1 heterocycles. The third-order valence-electron chi connectivity index (χ3n) is 5.78. The van der Waals surface area contributed by atoms with Crippen molar-refractivity contribution in [1.82, 2.24) is 0 Å². The van der Waals surface area contributed by atoms with Gasteiger partial charge in [0.2, 0.25) is 0 Å².